The Labute approximate surface area is 104 Å². The minimum absolute atomic E-state index is 0.0319. The monoisotopic (exact) mass is 265 g/mol. The first-order chi connectivity index (χ1) is 8.29. The molecule has 3 nitrogen and oxygen atoms in total. The topological polar surface area (TPSA) is 37.4 Å². The van der Waals surface area contributed by atoms with Gasteiger partial charge in [-0.15, -0.1) is 0 Å². The maximum absolute atomic E-state index is 12.1. The maximum atomic E-state index is 12.1. The molecule has 0 aromatic heterocycles. The van der Waals surface area contributed by atoms with Crippen molar-refractivity contribution in [2.75, 3.05) is 6.54 Å². The summed E-state index contributed by atoms with van der Waals surface area (Å²) in [5.74, 6) is -0.520. The van der Waals surface area contributed by atoms with Crippen molar-refractivity contribution in [3.63, 3.8) is 0 Å². The summed E-state index contributed by atoms with van der Waals surface area (Å²) in [5, 5.41) is 0. The minimum atomic E-state index is -4.30. The first-order valence-corrected chi connectivity index (χ1v) is 6.15. The summed E-state index contributed by atoms with van der Waals surface area (Å²) in [5.41, 5.74) is 0. The Hall–Kier alpha value is -1.07. The number of hydrogen-bond donors (Lipinski definition) is 0. The highest BCUT2D eigenvalue weighted by Gasteiger charge is 2.32. The molecule has 104 valence electrons. The molecule has 1 unspecified atom stereocenters. The molecule has 1 amide bonds. The van der Waals surface area contributed by atoms with E-state index in [0.29, 0.717) is 13.0 Å². The van der Waals surface area contributed by atoms with E-state index in [1.54, 1.807) is 0 Å². The largest absolute Gasteiger partial charge is 0.389 e. The SMILES string of the molecule is CC(=O)CC1CCCCN1C(=O)CCC(F)(F)F. The van der Waals surface area contributed by atoms with E-state index in [1.807, 2.05) is 0 Å². The fourth-order valence-electron chi connectivity index (χ4n) is 2.27. The zero-order valence-electron chi connectivity index (χ0n) is 10.4. The van der Waals surface area contributed by atoms with Crippen molar-refractivity contribution in [3.8, 4) is 0 Å². The summed E-state index contributed by atoms with van der Waals surface area (Å²) in [6, 6.07) is -0.211. The zero-order chi connectivity index (χ0) is 13.8. The predicted octanol–water partition coefficient (Wildman–Crippen LogP) is 2.69. The predicted molar refractivity (Wildman–Crippen MR) is 59.9 cm³/mol. The third-order valence-corrected chi connectivity index (χ3v) is 3.09. The van der Waals surface area contributed by atoms with Gasteiger partial charge in [0.1, 0.15) is 5.78 Å². The van der Waals surface area contributed by atoms with Gasteiger partial charge < -0.3 is 4.90 Å². The molecule has 0 radical (unpaired) electrons. The first-order valence-electron chi connectivity index (χ1n) is 6.15. The molecule has 1 fully saturated rings. The summed E-state index contributed by atoms with van der Waals surface area (Å²) in [6.45, 7) is 1.90. The van der Waals surface area contributed by atoms with Crippen molar-refractivity contribution in [3.05, 3.63) is 0 Å². The van der Waals surface area contributed by atoms with Crippen LogP contribution in [0.25, 0.3) is 0 Å². The lowest BCUT2D eigenvalue weighted by Gasteiger charge is -2.35. The van der Waals surface area contributed by atoms with Crippen LogP contribution >= 0.6 is 0 Å². The highest BCUT2D eigenvalue weighted by Crippen LogP contribution is 2.25. The molecule has 0 saturated carbocycles. The molecule has 0 spiro atoms. The normalized spacial score (nSPS) is 20.9. The van der Waals surface area contributed by atoms with Gasteiger partial charge in [-0.1, -0.05) is 0 Å². The Morgan fingerprint density at radius 3 is 2.50 bits per heavy atom. The summed E-state index contributed by atoms with van der Waals surface area (Å²) < 4.78 is 36.2. The second-order valence-electron chi connectivity index (χ2n) is 4.76. The first kappa shape index (κ1) is 15.0. The van der Waals surface area contributed by atoms with Crippen LogP contribution in [0.2, 0.25) is 0 Å². The maximum Gasteiger partial charge on any atom is 0.389 e. The molecule has 1 aliphatic rings. The van der Waals surface area contributed by atoms with E-state index in [4.69, 9.17) is 0 Å². The van der Waals surface area contributed by atoms with Crippen molar-refractivity contribution >= 4 is 11.7 Å². The number of amides is 1. The zero-order valence-corrected chi connectivity index (χ0v) is 10.4. The van der Waals surface area contributed by atoms with E-state index < -0.39 is 24.9 Å². The molecular weight excluding hydrogens is 247 g/mol. The molecule has 0 aliphatic carbocycles. The van der Waals surface area contributed by atoms with E-state index in [-0.39, 0.29) is 18.2 Å². The van der Waals surface area contributed by atoms with Crippen LogP contribution in [0.1, 0.15) is 45.4 Å². The molecule has 6 heteroatoms. The van der Waals surface area contributed by atoms with E-state index >= 15 is 0 Å². The Bertz CT molecular complexity index is 315. The smallest absolute Gasteiger partial charge is 0.339 e. The molecule has 0 bridgehead atoms. The Balaban J connectivity index is 2.54. The van der Waals surface area contributed by atoms with Gasteiger partial charge in [0.25, 0.3) is 0 Å². The Kier molecular flexibility index (Phi) is 5.16. The van der Waals surface area contributed by atoms with Gasteiger partial charge in [-0.25, -0.2) is 0 Å². The summed E-state index contributed by atoms with van der Waals surface area (Å²) in [4.78, 5) is 24.3. The van der Waals surface area contributed by atoms with Crippen LogP contribution in [0, 0.1) is 0 Å². The second-order valence-corrected chi connectivity index (χ2v) is 4.76. The number of hydrogen-bond acceptors (Lipinski definition) is 2. The fourth-order valence-corrected chi connectivity index (χ4v) is 2.27. The van der Waals surface area contributed by atoms with Gasteiger partial charge in [-0.2, -0.15) is 13.2 Å². The van der Waals surface area contributed by atoms with Crippen molar-refractivity contribution in [2.45, 2.75) is 57.7 Å². The lowest BCUT2D eigenvalue weighted by molar-refractivity contribution is -0.151. The van der Waals surface area contributed by atoms with Crippen LogP contribution in [0.5, 0.6) is 0 Å². The number of piperidine rings is 1. The second kappa shape index (κ2) is 6.20. The molecule has 1 heterocycles. The highest BCUT2D eigenvalue weighted by atomic mass is 19.4. The van der Waals surface area contributed by atoms with Gasteiger partial charge in [-0.3, -0.25) is 9.59 Å². The van der Waals surface area contributed by atoms with Crippen molar-refractivity contribution in [1.29, 1.82) is 0 Å². The van der Waals surface area contributed by atoms with Crippen LogP contribution in [0.4, 0.5) is 13.2 Å². The number of halogens is 3. The molecule has 18 heavy (non-hydrogen) atoms. The Morgan fingerprint density at radius 1 is 1.28 bits per heavy atom. The van der Waals surface area contributed by atoms with Gasteiger partial charge in [-0.05, 0) is 26.2 Å². The number of rotatable bonds is 4. The molecule has 1 rings (SSSR count). The van der Waals surface area contributed by atoms with E-state index in [2.05, 4.69) is 0 Å². The number of likely N-dealkylation sites (tertiary alicyclic amines) is 1. The van der Waals surface area contributed by atoms with Crippen LogP contribution < -0.4 is 0 Å². The van der Waals surface area contributed by atoms with Gasteiger partial charge in [0.2, 0.25) is 5.91 Å². The molecular formula is C12H18F3NO2. The van der Waals surface area contributed by atoms with E-state index in [1.165, 1.54) is 11.8 Å². The van der Waals surface area contributed by atoms with Crippen LogP contribution in [0.3, 0.4) is 0 Å². The van der Waals surface area contributed by atoms with Crippen molar-refractivity contribution in [2.24, 2.45) is 0 Å². The molecule has 0 aromatic rings. The number of alkyl halides is 3. The Morgan fingerprint density at radius 2 is 1.94 bits per heavy atom. The standard InChI is InChI=1S/C12H18F3NO2/c1-9(17)8-10-4-2-3-7-16(10)11(18)5-6-12(13,14)15/h10H,2-8H2,1H3. The lowest BCUT2D eigenvalue weighted by atomic mass is 9.97. The molecule has 1 aliphatic heterocycles. The third-order valence-electron chi connectivity index (χ3n) is 3.09. The van der Waals surface area contributed by atoms with Gasteiger partial charge >= 0.3 is 6.18 Å². The van der Waals surface area contributed by atoms with Crippen molar-refractivity contribution < 1.29 is 22.8 Å². The summed E-state index contributed by atoms with van der Waals surface area (Å²) >= 11 is 0. The van der Waals surface area contributed by atoms with Gasteiger partial charge in [0.05, 0.1) is 6.42 Å². The van der Waals surface area contributed by atoms with Crippen LogP contribution in [-0.2, 0) is 9.59 Å². The third kappa shape index (κ3) is 5.06. The molecule has 0 aromatic carbocycles. The van der Waals surface area contributed by atoms with Gasteiger partial charge in [0.15, 0.2) is 0 Å². The quantitative estimate of drug-likeness (QED) is 0.783. The fraction of sp³-hybridized carbons (Fsp3) is 0.833. The molecule has 0 N–H and O–H groups in total. The van der Waals surface area contributed by atoms with Crippen LogP contribution in [-0.4, -0.2) is 35.4 Å². The van der Waals surface area contributed by atoms with Crippen LogP contribution in [0.15, 0.2) is 0 Å². The summed E-state index contributed by atoms with van der Waals surface area (Å²) in [6.07, 6.45) is -3.24. The molecule has 1 saturated heterocycles. The average Bonchev–Trinajstić information content (AvgIpc) is 2.25. The van der Waals surface area contributed by atoms with E-state index in [9.17, 15) is 22.8 Å². The highest BCUT2D eigenvalue weighted by molar-refractivity contribution is 5.79. The minimum Gasteiger partial charge on any atom is -0.339 e. The van der Waals surface area contributed by atoms with Crippen molar-refractivity contribution in [1.82, 2.24) is 4.90 Å². The summed E-state index contributed by atoms with van der Waals surface area (Å²) in [7, 11) is 0. The molecule has 1 atom stereocenters. The average molecular weight is 265 g/mol. The lowest BCUT2D eigenvalue weighted by Crippen LogP contribution is -2.44. The number of ketones is 1. The number of carbonyl (C=O) groups excluding carboxylic acids is 2. The number of nitrogens with zero attached hydrogens (tertiary/aromatic N) is 1. The van der Waals surface area contributed by atoms with Gasteiger partial charge in [0, 0.05) is 25.4 Å². The number of Topliss-reactive ketones (excluding diaryl/α,β-unsaturated/α-hetero) is 1. The van der Waals surface area contributed by atoms with E-state index in [0.717, 1.165) is 12.8 Å². The number of carbonyl (C=O) groups is 2.